The smallest absolute Gasteiger partial charge is 0.338 e. The van der Waals surface area contributed by atoms with Crippen LogP contribution in [0, 0.1) is 10.1 Å². The Bertz CT molecular complexity index is 1570. The average molecular weight is 626 g/mol. The van der Waals surface area contributed by atoms with E-state index in [0.29, 0.717) is 24.3 Å². The quantitative estimate of drug-likeness (QED) is 0.145. The number of piperazine rings is 1. The third kappa shape index (κ3) is 10.3. The molecule has 0 bridgehead atoms. The van der Waals surface area contributed by atoms with Crippen molar-refractivity contribution < 1.29 is 42.7 Å². The van der Waals surface area contributed by atoms with E-state index in [0.717, 1.165) is 38.1 Å². The number of para-hydroxylation sites is 1. The third-order valence-electron chi connectivity index (χ3n) is 6.53. The fraction of sp³-hybridized carbons (Fsp3) is 0.233. The highest BCUT2D eigenvalue weighted by molar-refractivity contribution is 7.90. The molecule has 1 unspecified atom stereocenters. The van der Waals surface area contributed by atoms with Gasteiger partial charge in [-0.25, -0.2) is 22.8 Å². The molecule has 14 heteroatoms. The van der Waals surface area contributed by atoms with Crippen molar-refractivity contribution in [3.8, 4) is 0 Å². The monoisotopic (exact) mass is 625 g/mol. The van der Waals surface area contributed by atoms with Gasteiger partial charge in [-0.2, -0.15) is 0 Å². The van der Waals surface area contributed by atoms with Gasteiger partial charge in [0.05, 0.1) is 15.4 Å². The fourth-order valence-electron chi connectivity index (χ4n) is 4.26. The Labute approximate surface area is 253 Å². The van der Waals surface area contributed by atoms with Crippen LogP contribution in [0.5, 0.6) is 0 Å². The molecule has 232 valence electrons. The molecule has 0 saturated carbocycles. The minimum atomic E-state index is -3.36. The van der Waals surface area contributed by atoms with Crippen LogP contribution in [-0.4, -0.2) is 85.3 Å². The van der Waals surface area contributed by atoms with Gasteiger partial charge in [-0.15, -0.1) is 0 Å². The first-order valence-corrected chi connectivity index (χ1v) is 15.1. The lowest BCUT2D eigenvalue weighted by Gasteiger charge is -2.37. The number of non-ortho nitro benzene ring substituents is 1. The first-order valence-electron chi connectivity index (χ1n) is 13.2. The van der Waals surface area contributed by atoms with E-state index in [4.69, 9.17) is 14.9 Å². The van der Waals surface area contributed by atoms with Crippen molar-refractivity contribution in [1.82, 2.24) is 4.90 Å². The molecule has 1 atom stereocenters. The van der Waals surface area contributed by atoms with Gasteiger partial charge < -0.3 is 19.8 Å². The fourth-order valence-corrected chi connectivity index (χ4v) is 4.89. The van der Waals surface area contributed by atoms with E-state index in [-0.39, 0.29) is 16.1 Å². The minimum absolute atomic E-state index is 0.115. The Kier molecular flexibility index (Phi) is 11.7. The Morgan fingerprint density at radius 1 is 0.886 bits per heavy atom. The third-order valence-corrected chi connectivity index (χ3v) is 7.66. The van der Waals surface area contributed by atoms with E-state index in [1.54, 1.807) is 12.1 Å². The van der Waals surface area contributed by atoms with Gasteiger partial charge in [0.1, 0.15) is 6.10 Å². The van der Waals surface area contributed by atoms with Gasteiger partial charge in [-0.1, -0.05) is 30.3 Å². The largest absolute Gasteiger partial charge is 0.478 e. The molecule has 0 radical (unpaired) electrons. The summed E-state index contributed by atoms with van der Waals surface area (Å²) in [7, 11) is -3.36. The van der Waals surface area contributed by atoms with Gasteiger partial charge in [-0.05, 0) is 42.0 Å². The summed E-state index contributed by atoms with van der Waals surface area (Å²) < 4.78 is 29.6. The number of carboxylic acids is 2. The summed E-state index contributed by atoms with van der Waals surface area (Å²) in [5.74, 6) is -3.12. The number of rotatable bonds is 10. The lowest BCUT2D eigenvalue weighted by Crippen LogP contribution is -2.47. The van der Waals surface area contributed by atoms with Gasteiger partial charge in [0.2, 0.25) is 0 Å². The molecule has 1 aliphatic heterocycles. The van der Waals surface area contributed by atoms with Crippen LogP contribution in [0.2, 0.25) is 0 Å². The van der Waals surface area contributed by atoms with Gasteiger partial charge in [0.25, 0.3) is 5.69 Å². The van der Waals surface area contributed by atoms with E-state index in [1.807, 2.05) is 18.2 Å². The topological polar surface area (TPSA) is 185 Å². The van der Waals surface area contributed by atoms with Crippen LogP contribution in [0.25, 0.3) is 0 Å². The summed E-state index contributed by atoms with van der Waals surface area (Å²) in [5.41, 5.74) is 1.92. The summed E-state index contributed by atoms with van der Waals surface area (Å²) in [6, 6.07) is 21.7. The van der Waals surface area contributed by atoms with Gasteiger partial charge in [-0.3, -0.25) is 15.0 Å². The number of benzene rings is 3. The highest BCUT2D eigenvalue weighted by Gasteiger charge is 2.25. The van der Waals surface area contributed by atoms with Crippen LogP contribution in [0.4, 0.5) is 11.4 Å². The number of nitro benzene ring substituents is 1. The Morgan fingerprint density at radius 2 is 1.43 bits per heavy atom. The maximum absolute atomic E-state index is 12.9. The standard InChI is InChI=1S/C26H27N3O6S.C4H4O4/c1-36(33,34)24-13-9-20(10-14-24)25(35-26(30)21-7-11-23(12-8-21)29(31)32)19-27-15-17-28(18-16-27)22-5-3-2-4-6-22;5-3(6)1-2-4(7)8/h2-14,25H,15-19H2,1H3;1-2H,(H,5,6)(H,7,8)/b;2-1-. The number of ether oxygens (including phenoxy) is 1. The number of hydrogen-bond acceptors (Lipinski definition) is 10. The molecule has 4 rings (SSSR count). The number of hydrogen-bond donors (Lipinski definition) is 2. The number of carbonyl (C=O) groups is 3. The van der Waals surface area contributed by atoms with Crippen molar-refractivity contribution in [2.24, 2.45) is 0 Å². The molecule has 1 saturated heterocycles. The summed E-state index contributed by atoms with van der Waals surface area (Å²) in [4.78, 5) is 47.1. The number of anilines is 1. The molecule has 13 nitrogen and oxygen atoms in total. The molecule has 0 aliphatic carbocycles. The molecule has 2 N–H and O–H groups in total. The molecule has 44 heavy (non-hydrogen) atoms. The van der Waals surface area contributed by atoms with Crippen molar-refractivity contribution in [1.29, 1.82) is 0 Å². The van der Waals surface area contributed by atoms with Gasteiger partial charge in [0.15, 0.2) is 9.84 Å². The SMILES string of the molecule is CS(=O)(=O)c1ccc(C(CN2CCN(c3ccccc3)CC2)OC(=O)c2ccc([N+](=O)[O-])cc2)cc1.O=C(O)/C=C\C(=O)O. The van der Waals surface area contributed by atoms with E-state index in [1.165, 1.54) is 36.4 Å². The highest BCUT2D eigenvalue weighted by Crippen LogP contribution is 2.25. The molecule has 3 aromatic rings. The van der Waals surface area contributed by atoms with Crippen molar-refractivity contribution in [3.05, 3.63) is 112 Å². The molecule has 0 aromatic heterocycles. The second-order valence-corrected chi connectivity index (χ2v) is 11.7. The number of sulfone groups is 1. The summed E-state index contributed by atoms with van der Waals surface area (Å²) in [5, 5.41) is 26.5. The molecule has 3 aromatic carbocycles. The molecular weight excluding hydrogens is 594 g/mol. The molecule has 1 fully saturated rings. The predicted octanol–water partition coefficient (Wildman–Crippen LogP) is 3.43. The van der Waals surface area contributed by atoms with Crippen LogP contribution in [0.3, 0.4) is 0 Å². The second kappa shape index (κ2) is 15.4. The van der Waals surface area contributed by atoms with Gasteiger partial charge >= 0.3 is 17.9 Å². The number of carboxylic acid groups (broad SMARTS) is 2. The summed E-state index contributed by atoms with van der Waals surface area (Å²) in [6.45, 7) is 3.60. The highest BCUT2D eigenvalue weighted by atomic mass is 32.2. The molecule has 0 amide bonds. The molecule has 1 heterocycles. The maximum atomic E-state index is 12.9. The zero-order valence-corrected chi connectivity index (χ0v) is 24.5. The van der Waals surface area contributed by atoms with Crippen LogP contribution >= 0.6 is 0 Å². The van der Waals surface area contributed by atoms with Crippen LogP contribution in [-0.2, 0) is 24.2 Å². The van der Waals surface area contributed by atoms with E-state index in [9.17, 15) is 32.9 Å². The first kappa shape index (κ1) is 33.4. The van der Waals surface area contributed by atoms with E-state index >= 15 is 0 Å². The second-order valence-electron chi connectivity index (χ2n) is 9.67. The normalized spacial score (nSPS) is 14.2. The maximum Gasteiger partial charge on any atom is 0.338 e. The number of aliphatic carboxylic acids is 2. The lowest BCUT2D eigenvalue weighted by atomic mass is 10.1. The molecule has 0 spiro atoms. The van der Waals surface area contributed by atoms with Crippen molar-refractivity contribution >= 4 is 39.1 Å². The zero-order valence-electron chi connectivity index (χ0n) is 23.7. The van der Waals surface area contributed by atoms with E-state index < -0.39 is 38.8 Å². The van der Waals surface area contributed by atoms with E-state index in [2.05, 4.69) is 21.9 Å². The van der Waals surface area contributed by atoms with Gasteiger partial charge in [0, 0.05) is 69.0 Å². The Balaban J connectivity index is 0.000000583. The van der Waals surface area contributed by atoms with Crippen LogP contribution < -0.4 is 4.90 Å². The van der Waals surface area contributed by atoms with Crippen molar-refractivity contribution in [2.45, 2.75) is 11.0 Å². The first-order chi connectivity index (χ1) is 20.8. The Morgan fingerprint density at radius 3 is 1.91 bits per heavy atom. The Hall–Kier alpha value is -5.08. The summed E-state index contributed by atoms with van der Waals surface area (Å²) >= 11 is 0. The zero-order chi connectivity index (χ0) is 32.3. The number of esters is 1. The number of carbonyl (C=O) groups excluding carboxylic acids is 1. The van der Waals surface area contributed by atoms with Crippen molar-refractivity contribution in [2.75, 3.05) is 43.9 Å². The minimum Gasteiger partial charge on any atom is -0.478 e. The lowest BCUT2D eigenvalue weighted by molar-refractivity contribution is -0.384. The van der Waals surface area contributed by atoms with Crippen molar-refractivity contribution in [3.63, 3.8) is 0 Å². The average Bonchev–Trinajstić information content (AvgIpc) is 3.00. The predicted molar refractivity (Wildman–Crippen MR) is 160 cm³/mol. The summed E-state index contributed by atoms with van der Waals surface area (Å²) in [6.07, 6.45) is 1.61. The molecule has 1 aliphatic rings. The number of nitrogens with zero attached hydrogens (tertiary/aromatic N) is 3. The van der Waals surface area contributed by atoms with Crippen LogP contribution in [0.1, 0.15) is 22.0 Å². The van der Waals surface area contributed by atoms with Crippen LogP contribution in [0.15, 0.2) is 95.9 Å². The number of nitro groups is 1. The molecular formula is C30H31N3O10S.